The summed E-state index contributed by atoms with van der Waals surface area (Å²) in [5.74, 6) is 0.535. The zero-order chi connectivity index (χ0) is 29.0. The maximum absolute atomic E-state index is 14.5. The van der Waals surface area contributed by atoms with Gasteiger partial charge in [0.1, 0.15) is 23.1 Å². The number of fused-ring (bicyclic) bond motifs is 5. The van der Waals surface area contributed by atoms with Crippen LogP contribution in [0.4, 0.5) is 15.9 Å². The third-order valence-corrected chi connectivity index (χ3v) is 8.27. The van der Waals surface area contributed by atoms with Crippen LogP contribution in [0.5, 0.6) is 11.5 Å². The van der Waals surface area contributed by atoms with E-state index in [1.807, 2.05) is 30.3 Å². The summed E-state index contributed by atoms with van der Waals surface area (Å²) in [5, 5.41) is 17.7. The Morgan fingerprint density at radius 3 is 2.57 bits per heavy atom. The zero-order valence-corrected chi connectivity index (χ0v) is 23.4. The van der Waals surface area contributed by atoms with E-state index in [4.69, 9.17) is 9.72 Å². The molecule has 4 heterocycles. The number of H-pyrrole nitrogens is 1. The van der Waals surface area contributed by atoms with Crippen LogP contribution in [0, 0.1) is 5.82 Å². The minimum Gasteiger partial charge on any atom is -0.508 e. The van der Waals surface area contributed by atoms with Gasteiger partial charge in [-0.1, -0.05) is 18.2 Å². The molecular weight excluding hydrogens is 535 g/mol. The second-order valence-electron chi connectivity index (χ2n) is 10.9. The number of aromatic nitrogens is 2. The Morgan fingerprint density at radius 1 is 1.05 bits per heavy atom. The van der Waals surface area contributed by atoms with Crippen molar-refractivity contribution in [2.75, 3.05) is 43.6 Å². The first-order chi connectivity index (χ1) is 20.4. The first-order valence-corrected chi connectivity index (χ1v) is 14.0. The molecule has 1 unspecified atom stereocenters. The van der Waals surface area contributed by atoms with Gasteiger partial charge in [-0.25, -0.2) is 14.4 Å². The number of nitrogens with zero attached hydrogens (tertiary/aromatic N) is 3. The first kappa shape index (κ1) is 26.2. The number of aromatic hydroxyl groups is 1. The molecule has 0 amide bonds. The Kier molecular flexibility index (Phi) is 6.44. The monoisotopic (exact) mass is 566 g/mol. The Hall–Kier alpha value is -4.67. The van der Waals surface area contributed by atoms with Crippen molar-refractivity contribution in [2.45, 2.75) is 19.5 Å². The minimum atomic E-state index is -0.610. The summed E-state index contributed by atoms with van der Waals surface area (Å²) >= 11 is 0. The molecule has 0 aliphatic carbocycles. The van der Waals surface area contributed by atoms with E-state index in [-0.39, 0.29) is 17.4 Å². The summed E-state index contributed by atoms with van der Waals surface area (Å²) in [5.41, 5.74) is 7.51. The van der Waals surface area contributed by atoms with Crippen molar-refractivity contribution in [1.29, 1.82) is 0 Å². The number of halogens is 1. The number of aromatic amines is 1. The van der Waals surface area contributed by atoms with E-state index in [2.05, 4.69) is 44.7 Å². The van der Waals surface area contributed by atoms with Crippen LogP contribution in [-0.4, -0.2) is 53.4 Å². The van der Waals surface area contributed by atoms with Gasteiger partial charge in [-0.05, 0) is 48.9 Å². The average molecular weight is 567 g/mol. The molecule has 4 N–H and O–H groups in total. The maximum Gasteiger partial charge on any atom is 0.258 e. The van der Waals surface area contributed by atoms with Gasteiger partial charge >= 0.3 is 0 Å². The number of nitrogens with one attached hydrogen (secondary N) is 3. The van der Waals surface area contributed by atoms with Crippen LogP contribution in [0.2, 0.25) is 0 Å². The van der Waals surface area contributed by atoms with Crippen molar-refractivity contribution < 1.29 is 14.2 Å². The minimum absolute atomic E-state index is 0.134. The Morgan fingerprint density at radius 2 is 1.83 bits per heavy atom. The normalized spacial score (nSPS) is 17.0. The summed E-state index contributed by atoms with van der Waals surface area (Å²) in [6.07, 6.45) is 0. The number of rotatable bonds is 5. The molecule has 10 heteroatoms. The van der Waals surface area contributed by atoms with Crippen LogP contribution in [0.15, 0.2) is 65.5 Å². The fraction of sp³-hybridized carbons (Fsp3) is 0.250. The van der Waals surface area contributed by atoms with Crippen molar-refractivity contribution in [1.82, 2.24) is 20.3 Å². The molecule has 0 bridgehead atoms. The number of pyridine rings is 2. The zero-order valence-electron chi connectivity index (χ0n) is 23.4. The third kappa shape index (κ3) is 4.49. The molecule has 1 saturated heterocycles. The number of hydrogen-bond acceptors (Lipinski definition) is 8. The largest absolute Gasteiger partial charge is 0.508 e. The second-order valence-corrected chi connectivity index (χ2v) is 10.9. The molecule has 214 valence electrons. The fourth-order valence-electron chi connectivity index (χ4n) is 6.16. The predicted molar refractivity (Wildman–Crippen MR) is 163 cm³/mol. The lowest BCUT2D eigenvalue weighted by Crippen LogP contribution is -2.43. The van der Waals surface area contributed by atoms with Crippen LogP contribution in [-0.2, 0) is 6.54 Å². The van der Waals surface area contributed by atoms with Crippen molar-refractivity contribution in [3.05, 3.63) is 88.0 Å². The SMILES string of the molecule is COc1ccc(CN2Nc3nc(-c4cc(O)cc(F)c4)c4c(=O)[nH]c5cc(N6CCNCC6)ccc5c4c3C2C)cc1. The molecule has 2 aromatic heterocycles. The van der Waals surface area contributed by atoms with E-state index in [9.17, 15) is 14.3 Å². The molecule has 0 radical (unpaired) electrons. The molecule has 1 fully saturated rings. The number of phenolic OH excluding ortho intramolecular Hbond substituents is 1. The highest BCUT2D eigenvalue weighted by atomic mass is 19.1. The molecule has 2 aliphatic heterocycles. The lowest BCUT2D eigenvalue weighted by atomic mass is 9.94. The van der Waals surface area contributed by atoms with E-state index >= 15 is 0 Å². The van der Waals surface area contributed by atoms with Crippen LogP contribution in [0.25, 0.3) is 32.9 Å². The molecule has 1 atom stereocenters. The van der Waals surface area contributed by atoms with Gasteiger partial charge in [-0.3, -0.25) is 4.79 Å². The van der Waals surface area contributed by atoms with Crippen LogP contribution < -0.4 is 25.9 Å². The molecule has 0 spiro atoms. The first-order valence-electron chi connectivity index (χ1n) is 14.0. The Labute approximate surface area is 241 Å². The van der Waals surface area contributed by atoms with Gasteiger partial charge in [0.05, 0.1) is 29.7 Å². The highest BCUT2D eigenvalue weighted by molar-refractivity contribution is 6.13. The number of hydrazine groups is 1. The van der Waals surface area contributed by atoms with Gasteiger partial charge in [-0.15, -0.1) is 0 Å². The number of ether oxygens (including phenoxy) is 1. The molecular formula is C32H31FN6O3. The molecule has 42 heavy (non-hydrogen) atoms. The summed E-state index contributed by atoms with van der Waals surface area (Å²) in [6.45, 7) is 6.24. The van der Waals surface area contributed by atoms with E-state index < -0.39 is 5.82 Å². The molecule has 9 nitrogen and oxygen atoms in total. The number of methoxy groups -OCH3 is 1. The van der Waals surface area contributed by atoms with E-state index in [0.717, 1.165) is 71.1 Å². The standard InChI is InChI=1S/C32H31FN6O3/c1-18-27-28-25-8-5-22(38-11-9-34-10-12-38)16-26(25)35-32(41)29(28)30(20-13-21(33)15-23(40)14-20)36-31(27)37-39(18)17-19-3-6-24(42-2)7-4-19/h3-8,13-16,18,34,40H,9-12,17H2,1-2H3,(H,35,41)(H,36,37). The van der Waals surface area contributed by atoms with Crippen molar-refractivity contribution >= 4 is 33.2 Å². The second kappa shape index (κ2) is 10.3. The number of anilines is 2. The molecule has 2 aliphatic rings. The van der Waals surface area contributed by atoms with Gasteiger partial charge in [0.15, 0.2) is 0 Å². The van der Waals surface area contributed by atoms with Gasteiger partial charge in [0, 0.05) is 66.4 Å². The summed E-state index contributed by atoms with van der Waals surface area (Å²) < 4.78 is 19.8. The van der Waals surface area contributed by atoms with Gasteiger partial charge < -0.3 is 30.5 Å². The van der Waals surface area contributed by atoms with Gasteiger partial charge in [0.25, 0.3) is 5.56 Å². The number of phenols is 1. The van der Waals surface area contributed by atoms with Crippen molar-refractivity contribution in [2.24, 2.45) is 0 Å². The topological polar surface area (TPSA) is 106 Å². The van der Waals surface area contributed by atoms with Gasteiger partial charge in [0.2, 0.25) is 0 Å². The lowest BCUT2D eigenvalue weighted by Gasteiger charge is -2.29. The Balaban J connectivity index is 1.43. The smallest absolute Gasteiger partial charge is 0.258 e. The Bertz CT molecular complexity index is 1860. The molecule has 5 aromatic rings. The summed E-state index contributed by atoms with van der Waals surface area (Å²) in [4.78, 5) is 24.1. The predicted octanol–water partition coefficient (Wildman–Crippen LogP) is 4.91. The summed E-state index contributed by atoms with van der Waals surface area (Å²) in [6, 6.07) is 17.7. The van der Waals surface area contributed by atoms with Crippen molar-refractivity contribution in [3.8, 4) is 22.8 Å². The number of hydrogen-bond donors (Lipinski definition) is 4. The number of piperazine rings is 1. The molecule has 0 saturated carbocycles. The van der Waals surface area contributed by atoms with E-state index in [1.54, 1.807) is 7.11 Å². The fourth-order valence-corrected chi connectivity index (χ4v) is 6.16. The highest BCUT2D eigenvalue weighted by Gasteiger charge is 2.33. The summed E-state index contributed by atoms with van der Waals surface area (Å²) in [7, 11) is 1.64. The van der Waals surface area contributed by atoms with Crippen LogP contribution in [0.3, 0.4) is 0 Å². The molecule has 7 rings (SSSR count). The third-order valence-electron chi connectivity index (χ3n) is 8.27. The lowest BCUT2D eigenvalue weighted by molar-refractivity contribution is 0.271. The molecule has 3 aromatic carbocycles. The maximum atomic E-state index is 14.5. The van der Waals surface area contributed by atoms with Crippen molar-refractivity contribution in [3.63, 3.8) is 0 Å². The quantitative estimate of drug-likeness (QED) is 0.223. The van der Waals surface area contributed by atoms with Gasteiger partial charge in [-0.2, -0.15) is 0 Å². The van der Waals surface area contributed by atoms with E-state index in [0.29, 0.717) is 29.0 Å². The van der Waals surface area contributed by atoms with E-state index in [1.165, 1.54) is 12.1 Å². The van der Waals surface area contributed by atoms with Crippen LogP contribution in [0.1, 0.15) is 24.1 Å². The number of benzene rings is 3. The van der Waals surface area contributed by atoms with Crippen LogP contribution >= 0.6 is 0 Å². The highest BCUT2D eigenvalue weighted by Crippen LogP contribution is 2.44. The average Bonchev–Trinajstić information content (AvgIpc) is 3.31.